The normalized spacial score (nSPS) is 28.2. The quantitative estimate of drug-likeness (QED) is 0.730. The molecule has 1 fully saturated rings. The molecule has 1 aliphatic carbocycles. The molecule has 1 aromatic rings. The second-order valence-electron chi connectivity index (χ2n) is 3.74. The van der Waals surface area contributed by atoms with Crippen LogP contribution in [0.5, 0.6) is 0 Å². The third-order valence-corrected chi connectivity index (χ3v) is 3.65. The van der Waals surface area contributed by atoms with Crippen molar-refractivity contribution in [1.29, 1.82) is 0 Å². The van der Waals surface area contributed by atoms with Crippen molar-refractivity contribution < 1.29 is 0 Å². The van der Waals surface area contributed by atoms with E-state index in [0.717, 1.165) is 17.3 Å². The Kier molecular flexibility index (Phi) is 2.72. The Balaban J connectivity index is 2.08. The van der Waals surface area contributed by atoms with Gasteiger partial charge in [0.1, 0.15) is 0 Å². The van der Waals surface area contributed by atoms with Gasteiger partial charge in [-0.05, 0) is 37.7 Å². The summed E-state index contributed by atoms with van der Waals surface area (Å²) in [5.74, 6) is 0.740. The molecule has 0 spiro atoms. The average molecular weight is 243 g/mol. The molecule has 1 aromatic heterocycles. The van der Waals surface area contributed by atoms with E-state index in [1.54, 1.807) is 0 Å². The van der Waals surface area contributed by atoms with Gasteiger partial charge in [-0.2, -0.15) is 5.10 Å². The first kappa shape index (κ1) is 9.25. The zero-order chi connectivity index (χ0) is 9.26. The van der Waals surface area contributed by atoms with Gasteiger partial charge in [0.15, 0.2) is 0 Å². The van der Waals surface area contributed by atoms with Crippen LogP contribution in [0.25, 0.3) is 0 Å². The summed E-state index contributed by atoms with van der Waals surface area (Å²) in [6.07, 6.45) is 8.11. The van der Waals surface area contributed by atoms with Gasteiger partial charge in [-0.25, -0.2) is 0 Å². The first-order valence-corrected chi connectivity index (χ1v) is 5.87. The molecule has 0 N–H and O–H groups in total. The number of aromatic nitrogens is 2. The van der Waals surface area contributed by atoms with Crippen LogP contribution in [0.1, 0.15) is 37.7 Å². The number of halogens is 1. The molecule has 0 amide bonds. The van der Waals surface area contributed by atoms with Crippen LogP contribution in [0.15, 0.2) is 12.4 Å². The maximum atomic E-state index is 4.31. The van der Waals surface area contributed by atoms with E-state index in [2.05, 4.69) is 34.1 Å². The lowest BCUT2D eigenvalue weighted by Crippen LogP contribution is -1.94. The van der Waals surface area contributed by atoms with E-state index in [1.807, 2.05) is 10.9 Å². The van der Waals surface area contributed by atoms with E-state index in [9.17, 15) is 0 Å². The third kappa shape index (κ3) is 1.96. The Bertz CT molecular complexity index is 282. The van der Waals surface area contributed by atoms with E-state index >= 15 is 0 Å². The molecule has 2 nitrogen and oxygen atoms in total. The molecule has 0 saturated heterocycles. The van der Waals surface area contributed by atoms with E-state index in [0.29, 0.717) is 0 Å². The zero-order valence-corrected chi connectivity index (χ0v) is 9.50. The van der Waals surface area contributed by atoms with Crippen molar-refractivity contribution in [1.82, 2.24) is 9.78 Å². The van der Waals surface area contributed by atoms with Crippen molar-refractivity contribution in [3.8, 4) is 0 Å². The van der Waals surface area contributed by atoms with Crippen LogP contribution in [-0.2, 0) is 6.54 Å². The van der Waals surface area contributed by atoms with Gasteiger partial charge in [0.2, 0.25) is 0 Å². The zero-order valence-electron chi connectivity index (χ0n) is 7.91. The molecule has 13 heavy (non-hydrogen) atoms. The van der Waals surface area contributed by atoms with Crippen LogP contribution >= 0.6 is 15.9 Å². The molecule has 1 saturated carbocycles. The number of rotatable bonds is 2. The Morgan fingerprint density at radius 1 is 1.62 bits per heavy atom. The molecular weight excluding hydrogens is 228 g/mol. The number of aryl methyl sites for hydroxylation is 1. The van der Waals surface area contributed by atoms with Crippen molar-refractivity contribution >= 4 is 15.9 Å². The summed E-state index contributed by atoms with van der Waals surface area (Å²) in [4.78, 5) is 0.725. The predicted molar refractivity (Wildman–Crippen MR) is 57.2 cm³/mol. The first-order valence-electron chi connectivity index (χ1n) is 4.96. The lowest BCUT2D eigenvalue weighted by molar-refractivity contribution is 0.656. The summed E-state index contributed by atoms with van der Waals surface area (Å²) in [7, 11) is 0. The van der Waals surface area contributed by atoms with Crippen molar-refractivity contribution in [2.24, 2.45) is 0 Å². The Hall–Kier alpha value is -0.310. The predicted octanol–water partition coefficient (Wildman–Crippen LogP) is 2.93. The molecule has 0 aliphatic heterocycles. The molecule has 3 heteroatoms. The number of hydrogen-bond acceptors (Lipinski definition) is 1. The number of nitrogens with zero attached hydrogens (tertiary/aromatic N) is 2. The van der Waals surface area contributed by atoms with Crippen LogP contribution in [0.4, 0.5) is 0 Å². The van der Waals surface area contributed by atoms with Gasteiger partial charge < -0.3 is 0 Å². The third-order valence-electron chi connectivity index (χ3n) is 2.82. The Labute approximate surface area is 87.5 Å². The van der Waals surface area contributed by atoms with E-state index in [-0.39, 0.29) is 0 Å². The molecule has 2 rings (SSSR count). The van der Waals surface area contributed by atoms with Gasteiger partial charge >= 0.3 is 0 Å². The standard InChI is InChI=1S/C10H15BrN2/c1-2-13-7-9(6-12-13)8-3-4-10(11)5-8/h6-8,10H,2-5H2,1H3. The minimum absolute atomic E-state index is 0.725. The van der Waals surface area contributed by atoms with E-state index in [4.69, 9.17) is 0 Å². The van der Waals surface area contributed by atoms with Crippen LogP contribution < -0.4 is 0 Å². The largest absolute Gasteiger partial charge is 0.273 e. The highest BCUT2D eigenvalue weighted by Gasteiger charge is 2.24. The summed E-state index contributed by atoms with van der Waals surface area (Å²) in [5.41, 5.74) is 1.42. The molecule has 2 atom stereocenters. The highest BCUT2D eigenvalue weighted by Crippen LogP contribution is 2.37. The summed E-state index contributed by atoms with van der Waals surface area (Å²) < 4.78 is 2.01. The minimum Gasteiger partial charge on any atom is -0.273 e. The lowest BCUT2D eigenvalue weighted by Gasteiger charge is -2.04. The van der Waals surface area contributed by atoms with Crippen molar-refractivity contribution in [3.05, 3.63) is 18.0 Å². The second-order valence-corrected chi connectivity index (χ2v) is 5.03. The first-order chi connectivity index (χ1) is 6.29. The van der Waals surface area contributed by atoms with Gasteiger partial charge in [0, 0.05) is 17.6 Å². The van der Waals surface area contributed by atoms with Gasteiger partial charge in [-0.3, -0.25) is 4.68 Å². The molecule has 0 bridgehead atoms. The molecule has 0 aromatic carbocycles. The number of hydrogen-bond donors (Lipinski definition) is 0. The van der Waals surface area contributed by atoms with Crippen LogP contribution in [0.2, 0.25) is 0 Å². The Morgan fingerprint density at radius 2 is 2.46 bits per heavy atom. The average Bonchev–Trinajstić information content (AvgIpc) is 2.71. The maximum absolute atomic E-state index is 4.31. The van der Waals surface area contributed by atoms with Crippen LogP contribution in [-0.4, -0.2) is 14.6 Å². The monoisotopic (exact) mass is 242 g/mol. The fourth-order valence-corrected chi connectivity index (χ4v) is 2.71. The molecule has 1 heterocycles. The second kappa shape index (κ2) is 3.82. The fourth-order valence-electron chi connectivity index (χ4n) is 1.99. The smallest absolute Gasteiger partial charge is 0.0524 e. The van der Waals surface area contributed by atoms with Crippen LogP contribution in [0.3, 0.4) is 0 Å². The highest BCUT2D eigenvalue weighted by molar-refractivity contribution is 9.09. The van der Waals surface area contributed by atoms with Gasteiger partial charge in [0.05, 0.1) is 6.20 Å². The van der Waals surface area contributed by atoms with Crippen molar-refractivity contribution in [2.45, 2.75) is 43.5 Å². The maximum Gasteiger partial charge on any atom is 0.0524 e. The van der Waals surface area contributed by atoms with Gasteiger partial charge in [-0.15, -0.1) is 0 Å². The summed E-state index contributed by atoms with van der Waals surface area (Å²) in [6.45, 7) is 3.10. The van der Waals surface area contributed by atoms with Gasteiger partial charge in [0.25, 0.3) is 0 Å². The molecule has 0 radical (unpaired) electrons. The topological polar surface area (TPSA) is 17.8 Å². The van der Waals surface area contributed by atoms with Gasteiger partial charge in [-0.1, -0.05) is 15.9 Å². The molecule has 2 unspecified atom stereocenters. The van der Waals surface area contributed by atoms with Crippen LogP contribution in [0, 0.1) is 0 Å². The fraction of sp³-hybridized carbons (Fsp3) is 0.700. The summed E-state index contributed by atoms with van der Waals surface area (Å²) >= 11 is 3.67. The minimum atomic E-state index is 0.725. The molecule has 1 aliphatic rings. The lowest BCUT2D eigenvalue weighted by atomic mass is 10.0. The summed E-state index contributed by atoms with van der Waals surface area (Å²) in [6, 6.07) is 0. The van der Waals surface area contributed by atoms with E-state index in [1.165, 1.54) is 24.8 Å². The SMILES string of the molecule is CCn1cc(C2CCC(Br)C2)cn1. The number of alkyl halides is 1. The van der Waals surface area contributed by atoms with Crippen molar-refractivity contribution in [2.75, 3.05) is 0 Å². The highest BCUT2D eigenvalue weighted by atomic mass is 79.9. The molecular formula is C10H15BrN2. The summed E-state index contributed by atoms with van der Waals surface area (Å²) in [5, 5.41) is 4.31. The Morgan fingerprint density at radius 3 is 3.00 bits per heavy atom. The molecule has 72 valence electrons. The van der Waals surface area contributed by atoms with Crippen molar-refractivity contribution in [3.63, 3.8) is 0 Å². The van der Waals surface area contributed by atoms with E-state index < -0.39 is 0 Å².